The number of rotatable bonds is 5. The van der Waals surface area contributed by atoms with E-state index in [1.807, 2.05) is 0 Å². The SMILES string of the molecule is CC[C@H]1C(=O)C2C3CCC([C@H](C)CCC(=O)OC)[C@@]3(C)CCC2[C@@]2(C)CCC(=O)C[C@@H]12. The van der Waals surface area contributed by atoms with Crippen molar-refractivity contribution in [1.82, 2.24) is 0 Å². The monoisotopic (exact) mass is 430 g/mol. The molecule has 31 heavy (non-hydrogen) atoms. The van der Waals surface area contributed by atoms with Crippen LogP contribution in [0.5, 0.6) is 0 Å². The van der Waals surface area contributed by atoms with E-state index in [0.717, 1.165) is 32.1 Å². The van der Waals surface area contributed by atoms with Crippen LogP contribution >= 0.6 is 0 Å². The average Bonchev–Trinajstić information content (AvgIpc) is 3.10. The molecule has 174 valence electrons. The molecule has 0 aromatic heterocycles. The molecule has 0 N–H and O–H groups in total. The zero-order valence-corrected chi connectivity index (χ0v) is 20.2. The summed E-state index contributed by atoms with van der Waals surface area (Å²) in [5.41, 5.74) is 0.335. The predicted octanol–water partition coefficient (Wildman–Crippen LogP) is 5.62. The third-order valence-corrected chi connectivity index (χ3v) is 10.8. The van der Waals surface area contributed by atoms with Crippen LogP contribution in [0.1, 0.15) is 91.9 Å². The van der Waals surface area contributed by atoms with Crippen LogP contribution in [0, 0.1) is 52.3 Å². The maximum absolute atomic E-state index is 13.9. The molecule has 9 atom stereocenters. The van der Waals surface area contributed by atoms with Crippen molar-refractivity contribution in [2.75, 3.05) is 7.11 Å². The number of hydrogen-bond donors (Lipinski definition) is 0. The highest BCUT2D eigenvalue weighted by molar-refractivity contribution is 5.88. The molecule has 0 saturated heterocycles. The van der Waals surface area contributed by atoms with Crippen LogP contribution in [0.2, 0.25) is 0 Å². The Morgan fingerprint density at radius 3 is 2.45 bits per heavy atom. The molecule has 4 aliphatic rings. The third kappa shape index (κ3) is 3.51. The Morgan fingerprint density at radius 1 is 1.06 bits per heavy atom. The lowest BCUT2D eigenvalue weighted by Crippen LogP contribution is -2.60. The minimum absolute atomic E-state index is 0.0636. The van der Waals surface area contributed by atoms with Crippen molar-refractivity contribution in [3.63, 3.8) is 0 Å². The highest BCUT2D eigenvalue weighted by Crippen LogP contribution is 2.68. The first-order valence-corrected chi connectivity index (χ1v) is 12.8. The standard InChI is InChI=1S/C27H42O4/c1-6-18-22-15-17(28)11-13-27(22,4)21-12-14-26(3)19(16(2)7-10-23(29)31-5)8-9-20(26)24(21)25(18)30/h16,18-22,24H,6-15H2,1-5H3/t16-,18-,19?,20?,21?,22+,24?,26-,27-/m1/s1. The summed E-state index contributed by atoms with van der Waals surface area (Å²) in [6, 6.07) is 0. The van der Waals surface area contributed by atoms with Gasteiger partial charge in [-0.3, -0.25) is 14.4 Å². The summed E-state index contributed by atoms with van der Waals surface area (Å²) in [5.74, 6) is 3.21. The molecule has 0 radical (unpaired) electrons. The number of hydrogen-bond acceptors (Lipinski definition) is 4. The van der Waals surface area contributed by atoms with Gasteiger partial charge >= 0.3 is 5.97 Å². The second kappa shape index (κ2) is 8.30. The van der Waals surface area contributed by atoms with E-state index in [-0.39, 0.29) is 34.6 Å². The Labute approximate surface area is 188 Å². The Kier molecular flexibility index (Phi) is 6.15. The molecule has 0 spiro atoms. The van der Waals surface area contributed by atoms with Crippen LogP contribution in [0.3, 0.4) is 0 Å². The summed E-state index contributed by atoms with van der Waals surface area (Å²) < 4.78 is 4.87. The molecule has 0 aromatic carbocycles. The predicted molar refractivity (Wildman–Crippen MR) is 120 cm³/mol. The summed E-state index contributed by atoms with van der Waals surface area (Å²) in [4.78, 5) is 38.0. The van der Waals surface area contributed by atoms with Gasteiger partial charge in [-0.15, -0.1) is 0 Å². The average molecular weight is 431 g/mol. The van der Waals surface area contributed by atoms with E-state index >= 15 is 0 Å². The largest absolute Gasteiger partial charge is 0.469 e. The highest BCUT2D eigenvalue weighted by atomic mass is 16.5. The molecule has 4 unspecified atom stereocenters. The van der Waals surface area contributed by atoms with E-state index in [1.165, 1.54) is 20.0 Å². The fraction of sp³-hybridized carbons (Fsp3) is 0.889. The molecular formula is C27H42O4. The Hall–Kier alpha value is -1.19. The minimum Gasteiger partial charge on any atom is -0.469 e. The minimum atomic E-state index is -0.116. The van der Waals surface area contributed by atoms with Gasteiger partial charge in [0, 0.05) is 31.1 Å². The molecular weight excluding hydrogens is 388 g/mol. The zero-order chi connectivity index (χ0) is 22.6. The lowest BCUT2D eigenvalue weighted by atomic mass is 9.42. The van der Waals surface area contributed by atoms with Gasteiger partial charge in [0.25, 0.3) is 0 Å². The number of carbonyl (C=O) groups is 3. The molecule has 4 aliphatic carbocycles. The number of carbonyl (C=O) groups excluding carboxylic acids is 3. The Bertz CT molecular complexity index is 744. The smallest absolute Gasteiger partial charge is 0.305 e. The maximum atomic E-state index is 13.9. The van der Waals surface area contributed by atoms with E-state index in [2.05, 4.69) is 27.7 Å². The number of ether oxygens (including phenoxy) is 1. The van der Waals surface area contributed by atoms with Gasteiger partial charge in [-0.05, 0) is 85.4 Å². The van der Waals surface area contributed by atoms with E-state index in [9.17, 15) is 14.4 Å². The van der Waals surface area contributed by atoms with Crippen molar-refractivity contribution in [3.05, 3.63) is 0 Å². The number of ketones is 2. The van der Waals surface area contributed by atoms with Gasteiger partial charge in [-0.25, -0.2) is 0 Å². The summed E-state index contributed by atoms with van der Waals surface area (Å²) in [7, 11) is 1.46. The molecule has 4 rings (SSSR count). The maximum Gasteiger partial charge on any atom is 0.305 e. The summed E-state index contributed by atoms with van der Waals surface area (Å²) in [6.07, 6.45) is 9.18. The van der Waals surface area contributed by atoms with E-state index < -0.39 is 0 Å². The second-order valence-corrected chi connectivity index (χ2v) is 11.8. The van der Waals surface area contributed by atoms with Gasteiger partial charge < -0.3 is 4.74 Å². The first-order chi connectivity index (χ1) is 14.7. The molecule has 4 saturated carbocycles. The topological polar surface area (TPSA) is 60.4 Å². The molecule has 0 heterocycles. The van der Waals surface area contributed by atoms with Crippen molar-refractivity contribution >= 4 is 17.5 Å². The van der Waals surface area contributed by atoms with Gasteiger partial charge in [0.15, 0.2) is 0 Å². The zero-order valence-electron chi connectivity index (χ0n) is 20.2. The lowest BCUT2D eigenvalue weighted by molar-refractivity contribution is -0.169. The van der Waals surface area contributed by atoms with Gasteiger partial charge in [0.2, 0.25) is 0 Å². The second-order valence-electron chi connectivity index (χ2n) is 11.8. The summed E-state index contributed by atoms with van der Waals surface area (Å²) >= 11 is 0. The number of fused-ring (bicyclic) bond motifs is 5. The van der Waals surface area contributed by atoms with Crippen LogP contribution in [-0.4, -0.2) is 24.6 Å². The fourth-order valence-electron chi connectivity index (χ4n) is 9.07. The Morgan fingerprint density at radius 2 is 1.77 bits per heavy atom. The van der Waals surface area contributed by atoms with Gasteiger partial charge in [-0.1, -0.05) is 27.7 Å². The molecule has 0 bridgehead atoms. The van der Waals surface area contributed by atoms with Crippen LogP contribution in [0.4, 0.5) is 0 Å². The van der Waals surface area contributed by atoms with Crippen molar-refractivity contribution in [3.8, 4) is 0 Å². The van der Waals surface area contributed by atoms with Crippen molar-refractivity contribution in [1.29, 1.82) is 0 Å². The highest BCUT2D eigenvalue weighted by Gasteiger charge is 2.65. The van der Waals surface area contributed by atoms with Crippen molar-refractivity contribution in [2.45, 2.75) is 91.9 Å². The van der Waals surface area contributed by atoms with Crippen LogP contribution in [0.25, 0.3) is 0 Å². The molecule has 0 aromatic rings. The third-order valence-electron chi connectivity index (χ3n) is 10.8. The van der Waals surface area contributed by atoms with Gasteiger partial charge in [0.1, 0.15) is 11.6 Å². The van der Waals surface area contributed by atoms with E-state index in [4.69, 9.17) is 4.74 Å². The molecule has 0 aliphatic heterocycles. The number of Topliss-reactive ketones (excluding diaryl/α,β-unsaturated/α-hetero) is 2. The quantitative estimate of drug-likeness (QED) is 0.531. The van der Waals surface area contributed by atoms with Crippen molar-refractivity contribution in [2.24, 2.45) is 52.3 Å². The molecule has 4 heteroatoms. The first-order valence-electron chi connectivity index (χ1n) is 12.8. The molecule has 4 nitrogen and oxygen atoms in total. The molecule has 4 fully saturated rings. The van der Waals surface area contributed by atoms with Crippen molar-refractivity contribution < 1.29 is 19.1 Å². The van der Waals surface area contributed by atoms with E-state index in [1.54, 1.807) is 0 Å². The molecule has 0 amide bonds. The summed E-state index contributed by atoms with van der Waals surface area (Å²) in [5, 5.41) is 0. The first kappa shape index (κ1) is 23.0. The number of methoxy groups -OCH3 is 1. The van der Waals surface area contributed by atoms with Gasteiger partial charge in [-0.2, -0.15) is 0 Å². The van der Waals surface area contributed by atoms with E-state index in [0.29, 0.717) is 54.5 Å². The fourth-order valence-corrected chi connectivity index (χ4v) is 9.07. The van der Waals surface area contributed by atoms with Crippen LogP contribution < -0.4 is 0 Å². The Balaban J connectivity index is 1.60. The van der Waals surface area contributed by atoms with Gasteiger partial charge in [0.05, 0.1) is 7.11 Å². The van der Waals surface area contributed by atoms with Crippen LogP contribution in [0.15, 0.2) is 0 Å². The number of esters is 1. The summed E-state index contributed by atoms with van der Waals surface area (Å²) in [6.45, 7) is 9.32. The van der Waals surface area contributed by atoms with Crippen LogP contribution in [-0.2, 0) is 19.1 Å². The lowest BCUT2D eigenvalue weighted by Gasteiger charge is -2.61. The normalized spacial score (nSPS) is 45.5.